The van der Waals surface area contributed by atoms with Crippen LogP contribution in [0.1, 0.15) is 29.9 Å². The van der Waals surface area contributed by atoms with Crippen LogP contribution < -0.4 is 10.9 Å². The number of nitrogens with one attached hydrogen (secondary N) is 1. The Labute approximate surface area is 163 Å². The summed E-state index contributed by atoms with van der Waals surface area (Å²) in [5.74, 6) is 6.14. The lowest BCUT2D eigenvalue weighted by atomic mass is 10.2. The number of hydrogen-bond acceptors (Lipinski definition) is 3. The van der Waals surface area contributed by atoms with E-state index < -0.39 is 0 Å². The van der Waals surface area contributed by atoms with Crippen molar-refractivity contribution < 1.29 is 0 Å². The van der Waals surface area contributed by atoms with Crippen molar-refractivity contribution in [3.63, 3.8) is 0 Å². The summed E-state index contributed by atoms with van der Waals surface area (Å²) in [6, 6.07) is 13.4. The molecule has 0 aliphatic rings. The van der Waals surface area contributed by atoms with Gasteiger partial charge in [0.2, 0.25) is 0 Å². The van der Waals surface area contributed by atoms with E-state index in [2.05, 4.69) is 22.3 Å². The Bertz CT molecular complexity index is 1250. The molecule has 4 aromatic rings. The fourth-order valence-corrected chi connectivity index (χ4v) is 3.21. The monoisotopic (exact) mass is 371 g/mol. The van der Waals surface area contributed by atoms with Crippen molar-refractivity contribution in [2.45, 2.75) is 13.0 Å². The van der Waals surface area contributed by atoms with Crippen LogP contribution in [0.25, 0.3) is 11.2 Å². The molecule has 0 spiro atoms. The van der Waals surface area contributed by atoms with E-state index in [1.165, 1.54) is 0 Å². The maximum absolute atomic E-state index is 13.5. The van der Waals surface area contributed by atoms with E-state index in [-0.39, 0.29) is 11.6 Å². The van der Waals surface area contributed by atoms with Crippen LogP contribution in [0.4, 0.5) is 0 Å². The second kappa shape index (κ2) is 7.22. The number of para-hydroxylation sites is 1. The van der Waals surface area contributed by atoms with Crippen molar-refractivity contribution in [1.29, 1.82) is 0 Å². The van der Waals surface area contributed by atoms with E-state index in [0.717, 1.165) is 11.4 Å². The van der Waals surface area contributed by atoms with Gasteiger partial charge in [-0.25, -0.2) is 0 Å². The van der Waals surface area contributed by atoms with Crippen LogP contribution in [0.3, 0.4) is 0 Å². The molecule has 1 unspecified atom stereocenters. The number of aromatic nitrogens is 4. The first-order chi connectivity index (χ1) is 13.6. The summed E-state index contributed by atoms with van der Waals surface area (Å²) in [5, 5.41) is 7.50. The minimum Gasteiger partial charge on any atom is -0.316 e. The van der Waals surface area contributed by atoms with Crippen molar-refractivity contribution in [3.05, 3.63) is 88.4 Å². The number of aryl methyl sites for hydroxylation is 1. The first kappa shape index (κ1) is 17.8. The molecule has 140 valence electrons. The SMILES string of the molecule is CNC(C)c1cn2ccc(C#Cc3ccn(C)n3)c2c(=O)n1-c1ccccc1. The van der Waals surface area contributed by atoms with Gasteiger partial charge in [-0.15, -0.1) is 0 Å². The highest BCUT2D eigenvalue weighted by Crippen LogP contribution is 2.18. The molecule has 3 aromatic heterocycles. The van der Waals surface area contributed by atoms with Crippen LogP contribution in [-0.4, -0.2) is 25.8 Å². The zero-order chi connectivity index (χ0) is 19.7. The third-order valence-electron chi connectivity index (χ3n) is 4.78. The number of benzene rings is 1. The van der Waals surface area contributed by atoms with Gasteiger partial charge in [-0.1, -0.05) is 24.1 Å². The molecular formula is C22H21N5O. The molecule has 0 bridgehead atoms. The molecule has 6 heteroatoms. The smallest absolute Gasteiger partial charge is 0.280 e. The Morgan fingerprint density at radius 3 is 2.54 bits per heavy atom. The topological polar surface area (TPSA) is 56.3 Å². The van der Waals surface area contributed by atoms with Gasteiger partial charge in [-0.05, 0) is 44.2 Å². The van der Waals surface area contributed by atoms with E-state index in [1.54, 1.807) is 9.25 Å². The molecule has 0 saturated carbocycles. The summed E-state index contributed by atoms with van der Waals surface area (Å²) < 4.78 is 5.31. The first-order valence-electron chi connectivity index (χ1n) is 9.09. The predicted octanol–water partition coefficient (Wildman–Crippen LogP) is 2.50. The number of hydrogen-bond donors (Lipinski definition) is 1. The van der Waals surface area contributed by atoms with E-state index in [4.69, 9.17) is 0 Å². The molecule has 4 rings (SSSR count). The zero-order valence-electron chi connectivity index (χ0n) is 16.0. The Morgan fingerprint density at radius 1 is 1.07 bits per heavy atom. The molecule has 6 nitrogen and oxygen atoms in total. The maximum Gasteiger partial charge on any atom is 0.280 e. The minimum atomic E-state index is -0.0962. The van der Waals surface area contributed by atoms with E-state index in [0.29, 0.717) is 16.8 Å². The average Bonchev–Trinajstić information content (AvgIpc) is 3.32. The summed E-state index contributed by atoms with van der Waals surface area (Å²) in [4.78, 5) is 13.5. The van der Waals surface area contributed by atoms with Gasteiger partial charge in [0, 0.05) is 37.4 Å². The number of nitrogens with zero attached hydrogens (tertiary/aromatic N) is 4. The van der Waals surface area contributed by atoms with Crippen LogP contribution in [-0.2, 0) is 7.05 Å². The molecular weight excluding hydrogens is 350 g/mol. The van der Waals surface area contributed by atoms with Gasteiger partial charge in [0.05, 0.1) is 11.3 Å². The zero-order valence-corrected chi connectivity index (χ0v) is 16.0. The highest BCUT2D eigenvalue weighted by atomic mass is 16.1. The standard InChI is InChI=1S/C22H21N5O/c1-16(23-2)20-15-26-14-11-17(9-10-18-12-13-25(3)24-18)21(26)22(28)27(20)19-7-5-4-6-8-19/h4-8,11-16,23H,1-3H3. The quantitative estimate of drug-likeness (QED) is 0.563. The fourth-order valence-electron chi connectivity index (χ4n) is 3.21. The van der Waals surface area contributed by atoms with Crippen LogP contribution in [0, 0.1) is 11.8 Å². The van der Waals surface area contributed by atoms with Gasteiger partial charge in [0.15, 0.2) is 0 Å². The van der Waals surface area contributed by atoms with Crippen LogP contribution in [0.2, 0.25) is 0 Å². The Balaban J connectivity index is 1.95. The normalized spacial score (nSPS) is 12.0. The Kier molecular flexibility index (Phi) is 4.60. The lowest BCUT2D eigenvalue weighted by Gasteiger charge is -2.19. The fraction of sp³-hybridized carbons (Fsp3) is 0.182. The summed E-state index contributed by atoms with van der Waals surface area (Å²) in [5.41, 5.74) is 3.53. The first-order valence-corrected chi connectivity index (χ1v) is 9.09. The summed E-state index contributed by atoms with van der Waals surface area (Å²) in [6.45, 7) is 2.03. The van der Waals surface area contributed by atoms with Gasteiger partial charge >= 0.3 is 0 Å². The molecule has 1 N–H and O–H groups in total. The highest BCUT2D eigenvalue weighted by Gasteiger charge is 2.17. The second-order valence-corrected chi connectivity index (χ2v) is 6.65. The molecule has 0 saturated heterocycles. The summed E-state index contributed by atoms with van der Waals surface area (Å²) >= 11 is 0. The van der Waals surface area contributed by atoms with Crippen molar-refractivity contribution >= 4 is 5.52 Å². The summed E-state index contributed by atoms with van der Waals surface area (Å²) in [7, 11) is 3.73. The van der Waals surface area contributed by atoms with E-state index in [9.17, 15) is 4.79 Å². The molecule has 0 radical (unpaired) electrons. The van der Waals surface area contributed by atoms with Gasteiger partial charge < -0.3 is 9.72 Å². The molecule has 0 fully saturated rings. The highest BCUT2D eigenvalue weighted by molar-refractivity contribution is 5.64. The molecule has 1 aromatic carbocycles. The van der Waals surface area contributed by atoms with Gasteiger partial charge in [0.1, 0.15) is 11.2 Å². The van der Waals surface area contributed by atoms with Crippen molar-refractivity contribution in [3.8, 4) is 17.5 Å². The Morgan fingerprint density at radius 2 is 1.86 bits per heavy atom. The molecule has 0 aliphatic heterocycles. The summed E-state index contributed by atoms with van der Waals surface area (Å²) in [6.07, 6.45) is 5.70. The van der Waals surface area contributed by atoms with E-state index >= 15 is 0 Å². The van der Waals surface area contributed by atoms with Crippen molar-refractivity contribution in [1.82, 2.24) is 24.1 Å². The molecule has 0 amide bonds. The van der Waals surface area contributed by atoms with E-state index in [1.807, 2.05) is 86.5 Å². The van der Waals surface area contributed by atoms with Crippen LogP contribution >= 0.6 is 0 Å². The third kappa shape index (κ3) is 3.13. The molecule has 0 aliphatic carbocycles. The maximum atomic E-state index is 13.5. The number of fused-ring (bicyclic) bond motifs is 1. The second-order valence-electron chi connectivity index (χ2n) is 6.65. The van der Waals surface area contributed by atoms with Crippen LogP contribution in [0.15, 0.2) is 65.8 Å². The van der Waals surface area contributed by atoms with Crippen molar-refractivity contribution in [2.24, 2.45) is 7.05 Å². The third-order valence-corrected chi connectivity index (χ3v) is 4.78. The van der Waals surface area contributed by atoms with Gasteiger partial charge in [-0.3, -0.25) is 14.0 Å². The molecule has 1 atom stereocenters. The Hall–Kier alpha value is -3.56. The molecule has 28 heavy (non-hydrogen) atoms. The van der Waals surface area contributed by atoms with Gasteiger partial charge in [0.25, 0.3) is 5.56 Å². The lowest BCUT2D eigenvalue weighted by molar-refractivity contribution is 0.605. The molecule has 3 heterocycles. The number of rotatable bonds is 3. The van der Waals surface area contributed by atoms with Gasteiger partial charge in [-0.2, -0.15) is 5.10 Å². The average molecular weight is 371 g/mol. The predicted molar refractivity (Wildman–Crippen MR) is 110 cm³/mol. The largest absolute Gasteiger partial charge is 0.316 e. The van der Waals surface area contributed by atoms with Crippen molar-refractivity contribution in [2.75, 3.05) is 7.05 Å². The van der Waals surface area contributed by atoms with Crippen LogP contribution in [0.5, 0.6) is 0 Å². The minimum absolute atomic E-state index is 0.00255. The lowest BCUT2D eigenvalue weighted by Crippen LogP contribution is -2.28.